The van der Waals surface area contributed by atoms with Gasteiger partial charge in [0.25, 0.3) is 0 Å². The molecule has 1 N–H and O–H groups in total. The van der Waals surface area contributed by atoms with E-state index in [-0.39, 0.29) is 12.1 Å². The molecule has 0 aliphatic carbocycles. The number of rotatable bonds is 8. The summed E-state index contributed by atoms with van der Waals surface area (Å²) in [7, 11) is 0. The Morgan fingerprint density at radius 3 is 2.67 bits per heavy atom. The number of furan rings is 1. The number of ether oxygens (including phenoxy) is 1. The van der Waals surface area contributed by atoms with Crippen LogP contribution in [0.5, 0.6) is 0 Å². The maximum atomic E-state index is 6.07. The van der Waals surface area contributed by atoms with Gasteiger partial charge in [-0.3, -0.25) is 0 Å². The van der Waals surface area contributed by atoms with Gasteiger partial charge in [-0.25, -0.2) is 0 Å². The van der Waals surface area contributed by atoms with Crippen molar-refractivity contribution in [1.29, 1.82) is 0 Å². The molecule has 0 amide bonds. The Morgan fingerprint density at radius 2 is 2.00 bits per heavy atom. The van der Waals surface area contributed by atoms with Gasteiger partial charge in [-0.05, 0) is 45.0 Å². The van der Waals surface area contributed by atoms with E-state index in [1.54, 1.807) is 0 Å². The minimum Gasteiger partial charge on any atom is -0.459 e. The smallest absolute Gasteiger partial charge is 0.134 e. The van der Waals surface area contributed by atoms with E-state index in [1.165, 1.54) is 10.9 Å². The summed E-state index contributed by atoms with van der Waals surface area (Å²) < 4.78 is 12.0. The highest BCUT2D eigenvalue weighted by molar-refractivity contribution is 5.78. The summed E-state index contributed by atoms with van der Waals surface area (Å²) in [6, 6.07) is 8.57. The summed E-state index contributed by atoms with van der Waals surface area (Å²) in [5.74, 6) is 0.976. The molecule has 0 spiro atoms. The van der Waals surface area contributed by atoms with E-state index in [2.05, 4.69) is 44.3 Å². The van der Waals surface area contributed by atoms with Crippen LogP contribution in [-0.4, -0.2) is 19.3 Å². The molecule has 2 aromatic rings. The monoisotopic (exact) mass is 289 g/mol. The van der Waals surface area contributed by atoms with Crippen LogP contribution in [0.3, 0.4) is 0 Å². The zero-order valence-corrected chi connectivity index (χ0v) is 13.6. The van der Waals surface area contributed by atoms with E-state index >= 15 is 0 Å². The molecule has 1 heterocycles. The van der Waals surface area contributed by atoms with Crippen molar-refractivity contribution in [2.75, 3.05) is 13.2 Å². The molecule has 1 aromatic heterocycles. The maximum Gasteiger partial charge on any atom is 0.134 e. The minimum absolute atomic E-state index is 0.114. The molecule has 1 aromatic carbocycles. The first-order chi connectivity index (χ1) is 10.2. The zero-order chi connectivity index (χ0) is 15.2. The molecule has 0 bridgehead atoms. The van der Waals surface area contributed by atoms with Gasteiger partial charge < -0.3 is 14.5 Å². The fraction of sp³-hybridized carbons (Fsp3) is 0.556. The van der Waals surface area contributed by atoms with Crippen molar-refractivity contribution in [2.45, 2.75) is 52.7 Å². The highest BCUT2D eigenvalue weighted by Crippen LogP contribution is 2.29. The van der Waals surface area contributed by atoms with Crippen LogP contribution in [0.25, 0.3) is 11.0 Å². The first-order valence-corrected chi connectivity index (χ1v) is 8.04. The molecule has 21 heavy (non-hydrogen) atoms. The van der Waals surface area contributed by atoms with Crippen molar-refractivity contribution in [3.63, 3.8) is 0 Å². The standard InChI is InChI=1S/C18H27NO2/c1-5-8-16(20-7-3)18(19-6-2)17-12-14-11-13(4)9-10-15(14)21-17/h9-12,16,18-19H,5-8H2,1-4H3. The van der Waals surface area contributed by atoms with Gasteiger partial charge in [0.15, 0.2) is 0 Å². The predicted molar refractivity (Wildman–Crippen MR) is 87.7 cm³/mol. The summed E-state index contributed by atoms with van der Waals surface area (Å²) >= 11 is 0. The van der Waals surface area contributed by atoms with Crippen LogP contribution in [0, 0.1) is 6.92 Å². The lowest BCUT2D eigenvalue weighted by molar-refractivity contribution is 0.0229. The third kappa shape index (κ3) is 3.86. The van der Waals surface area contributed by atoms with Gasteiger partial charge in [0.2, 0.25) is 0 Å². The lowest BCUT2D eigenvalue weighted by atomic mass is 10.0. The van der Waals surface area contributed by atoms with Crippen molar-refractivity contribution in [1.82, 2.24) is 5.32 Å². The first-order valence-electron chi connectivity index (χ1n) is 8.04. The Balaban J connectivity index is 2.33. The number of hydrogen-bond donors (Lipinski definition) is 1. The lowest BCUT2D eigenvalue weighted by Gasteiger charge is -2.25. The van der Waals surface area contributed by atoms with Crippen molar-refractivity contribution in [3.8, 4) is 0 Å². The number of fused-ring (bicyclic) bond motifs is 1. The minimum atomic E-state index is 0.114. The van der Waals surface area contributed by atoms with Gasteiger partial charge in [-0.15, -0.1) is 0 Å². The van der Waals surface area contributed by atoms with Crippen LogP contribution in [0.15, 0.2) is 28.7 Å². The second kappa shape index (κ2) is 7.62. The average Bonchev–Trinajstić information content (AvgIpc) is 2.87. The third-order valence-electron chi connectivity index (χ3n) is 3.75. The summed E-state index contributed by atoms with van der Waals surface area (Å²) in [4.78, 5) is 0. The molecule has 0 radical (unpaired) electrons. The van der Waals surface area contributed by atoms with Gasteiger partial charge in [0.05, 0.1) is 12.1 Å². The van der Waals surface area contributed by atoms with E-state index in [9.17, 15) is 0 Å². The molecule has 0 saturated heterocycles. The molecule has 116 valence electrons. The van der Waals surface area contributed by atoms with E-state index in [0.29, 0.717) is 0 Å². The highest BCUT2D eigenvalue weighted by Gasteiger charge is 2.25. The highest BCUT2D eigenvalue weighted by atomic mass is 16.5. The van der Waals surface area contributed by atoms with E-state index in [0.717, 1.165) is 37.3 Å². The molecule has 0 saturated carbocycles. The Labute approximate surface area is 127 Å². The van der Waals surface area contributed by atoms with Crippen LogP contribution in [0.2, 0.25) is 0 Å². The third-order valence-corrected chi connectivity index (χ3v) is 3.75. The molecular weight excluding hydrogens is 262 g/mol. The summed E-state index contributed by atoms with van der Waals surface area (Å²) in [6.45, 7) is 10.1. The summed E-state index contributed by atoms with van der Waals surface area (Å²) in [5.41, 5.74) is 2.20. The molecule has 2 unspecified atom stereocenters. The van der Waals surface area contributed by atoms with E-state index < -0.39 is 0 Å². The number of aryl methyl sites for hydroxylation is 1. The quantitative estimate of drug-likeness (QED) is 0.771. The maximum absolute atomic E-state index is 6.07. The van der Waals surface area contributed by atoms with Gasteiger partial charge in [-0.1, -0.05) is 31.9 Å². The first kappa shape index (κ1) is 16.1. The lowest BCUT2D eigenvalue weighted by Crippen LogP contribution is -2.33. The number of likely N-dealkylation sites (N-methyl/N-ethyl adjacent to an activating group) is 1. The van der Waals surface area contributed by atoms with E-state index in [1.807, 2.05) is 13.0 Å². The van der Waals surface area contributed by atoms with Gasteiger partial charge in [-0.2, -0.15) is 0 Å². The fourth-order valence-electron chi connectivity index (χ4n) is 2.82. The summed E-state index contributed by atoms with van der Waals surface area (Å²) in [5, 5.41) is 4.69. The van der Waals surface area contributed by atoms with Crippen LogP contribution in [-0.2, 0) is 4.74 Å². The van der Waals surface area contributed by atoms with Crippen LogP contribution in [0.1, 0.15) is 51.0 Å². The molecule has 2 rings (SSSR count). The fourth-order valence-corrected chi connectivity index (χ4v) is 2.82. The second-order valence-electron chi connectivity index (χ2n) is 5.51. The molecule has 0 fully saturated rings. The molecule has 3 nitrogen and oxygen atoms in total. The predicted octanol–water partition coefficient (Wildman–Crippen LogP) is 4.60. The number of nitrogens with one attached hydrogen (secondary N) is 1. The normalized spacial score (nSPS) is 14.5. The van der Waals surface area contributed by atoms with Crippen molar-refractivity contribution >= 4 is 11.0 Å². The Bertz CT molecular complexity index is 555. The summed E-state index contributed by atoms with van der Waals surface area (Å²) in [6.07, 6.45) is 2.29. The Morgan fingerprint density at radius 1 is 1.19 bits per heavy atom. The van der Waals surface area contributed by atoms with Gasteiger partial charge in [0.1, 0.15) is 11.3 Å². The molecule has 0 aliphatic rings. The molecular formula is C18H27NO2. The van der Waals surface area contributed by atoms with Crippen LogP contribution < -0.4 is 5.32 Å². The number of benzene rings is 1. The second-order valence-corrected chi connectivity index (χ2v) is 5.51. The SMILES string of the molecule is CCCC(OCC)C(NCC)c1cc2cc(C)ccc2o1. The zero-order valence-electron chi connectivity index (χ0n) is 13.6. The molecule has 2 atom stereocenters. The Hall–Kier alpha value is -1.32. The van der Waals surface area contributed by atoms with Crippen molar-refractivity contribution < 1.29 is 9.15 Å². The van der Waals surface area contributed by atoms with Crippen LogP contribution >= 0.6 is 0 Å². The largest absolute Gasteiger partial charge is 0.459 e. The molecule has 0 aliphatic heterocycles. The number of hydrogen-bond acceptors (Lipinski definition) is 3. The van der Waals surface area contributed by atoms with Gasteiger partial charge >= 0.3 is 0 Å². The molecule has 3 heteroatoms. The van der Waals surface area contributed by atoms with E-state index in [4.69, 9.17) is 9.15 Å². The Kier molecular flexibility index (Phi) is 5.83. The van der Waals surface area contributed by atoms with Crippen LogP contribution in [0.4, 0.5) is 0 Å². The average molecular weight is 289 g/mol. The topological polar surface area (TPSA) is 34.4 Å². The van der Waals surface area contributed by atoms with Crippen molar-refractivity contribution in [3.05, 3.63) is 35.6 Å². The van der Waals surface area contributed by atoms with Gasteiger partial charge in [0, 0.05) is 12.0 Å². The van der Waals surface area contributed by atoms with Crippen molar-refractivity contribution in [2.24, 2.45) is 0 Å².